The molecule has 0 aliphatic carbocycles. The van der Waals surface area contributed by atoms with Crippen LogP contribution in [0.4, 0.5) is 0 Å². The van der Waals surface area contributed by atoms with Crippen molar-refractivity contribution >= 4 is 31.0 Å². The molecule has 1 aliphatic rings. The number of nitrogens with two attached hydrogens (primary N) is 1. The molecule has 63 heavy (non-hydrogen) atoms. The summed E-state index contributed by atoms with van der Waals surface area (Å²) in [6.45, 7) is 15.3. The number of H-pyrrole nitrogens is 1. The lowest BCUT2D eigenvalue weighted by Gasteiger charge is -2.39. The molecule has 11 heteroatoms. The van der Waals surface area contributed by atoms with Crippen LogP contribution in [0.2, 0.25) is 18.1 Å². The zero-order chi connectivity index (χ0) is 44.6. The summed E-state index contributed by atoms with van der Waals surface area (Å²) in [5.74, 6) is 0.118. The van der Waals surface area contributed by atoms with Crippen LogP contribution in [0.5, 0.6) is 5.75 Å². The van der Waals surface area contributed by atoms with Gasteiger partial charge in [-0.25, -0.2) is 0 Å². The molecule has 2 heterocycles. The van der Waals surface area contributed by atoms with E-state index >= 15 is 0 Å². The van der Waals surface area contributed by atoms with Crippen molar-refractivity contribution in [1.82, 2.24) is 20.5 Å². The molecule has 1 saturated heterocycles. The van der Waals surface area contributed by atoms with Gasteiger partial charge in [0.25, 0.3) is 5.91 Å². The first kappa shape index (κ1) is 45.2. The summed E-state index contributed by atoms with van der Waals surface area (Å²) in [6, 6.07) is 44.8. The predicted molar refractivity (Wildman–Crippen MR) is 254 cm³/mol. The van der Waals surface area contributed by atoms with Crippen LogP contribution in [0.15, 0.2) is 144 Å². The van der Waals surface area contributed by atoms with E-state index in [1.807, 2.05) is 127 Å². The maximum atomic E-state index is 13.5. The van der Waals surface area contributed by atoms with Crippen molar-refractivity contribution in [2.24, 2.45) is 11.7 Å². The van der Waals surface area contributed by atoms with Gasteiger partial charge in [-0.2, -0.15) is 0 Å². The number of ether oxygens (including phenoxy) is 1. The number of hydrogen-bond donors (Lipinski definition) is 4. The Hall–Kier alpha value is -5.85. The number of primary amides is 1. The van der Waals surface area contributed by atoms with Crippen LogP contribution in [-0.2, 0) is 27.8 Å². The first-order valence-electron chi connectivity index (χ1n) is 22.0. The first-order chi connectivity index (χ1) is 30.3. The number of amides is 2. The second kappa shape index (κ2) is 19.7. The van der Waals surface area contributed by atoms with E-state index in [-0.39, 0.29) is 34.4 Å². The topological polar surface area (TPSA) is 139 Å². The highest BCUT2D eigenvalue weighted by Gasteiger charge is 2.49. The Morgan fingerprint density at radius 3 is 2.08 bits per heavy atom. The Labute approximate surface area is 372 Å². The maximum Gasteiger partial charge on any atom is 0.251 e. The lowest BCUT2D eigenvalue weighted by Crippen LogP contribution is -2.49. The number of pyridine rings is 1. The number of carbonyl (C=O) groups is 2. The van der Waals surface area contributed by atoms with E-state index in [1.165, 1.54) is 0 Å². The van der Waals surface area contributed by atoms with Crippen LogP contribution in [-0.4, -0.2) is 62.7 Å². The third-order valence-corrected chi connectivity index (χ3v) is 17.5. The lowest BCUT2D eigenvalue weighted by molar-refractivity contribution is -0.123. The molecular weight excluding hydrogens is 803 g/mol. The van der Waals surface area contributed by atoms with Crippen LogP contribution in [0.1, 0.15) is 71.5 Å². The van der Waals surface area contributed by atoms with Gasteiger partial charge in [-0.1, -0.05) is 130 Å². The number of benzene rings is 5. The summed E-state index contributed by atoms with van der Waals surface area (Å²) in [5.41, 5.74) is 11.2. The molecule has 0 radical (unpaired) electrons. The molecule has 5 aromatic carbocycles. The smallest absolute Gasteiger partial charge is 0.251 e. The Kier molecular flexibility index (Phi) is 14.1. The Bertz CT molecular complexity index is 2490. The molecule has 1 aromatic heterocycles. The lowest BCUT2D eigenvalue weighted by atomic mass is 9.64. The minimum absolute atomic E-state index is 0.0132. The summed E-state index contributed by atoms with van der Waals surface area (Å²) in [4.78, 5) is 44.7. The van der Waals surface area contributed by atoms with E-state index in [0.717, 1.165) is 46.2 Å². The average Bonchev–Trinajstić information content (AvgIpc) is 3.75. The van der Waals surface area contributed by atoms with Gasteiger partial charge in [-0.05, 0) is 89.1 Å². The van der Waals surface area contributed by atoms with Gasteiger partial charge in [0.05, 0.1) is 11.6 Å². The fourth-order valence-electron chi connectivity index (χ4n) is 8.60. The van der Waals surface area contributed by atoms with E-state index in [2.05, 4.69) is 60.4 Å². The quantitative estimate of drug-likeness (QED) is 0.0636. The molecule has 7 rings (SSSR count). The van der Waals surface area contributed by atoms with Crippen molar-refractivity contribution in [2.45, 2.75) is 70.0 Å². The van der Waals surface area contributed by atoms with Gasteiger partial charge in [-0.3, -0.25) is 14.4 Å². The minimum Gasteiger partial charge on any atom is -0.487 e. The molecule has 6 aromatic rings. The highest BCUT2D eigenvalue weighted by Crippen LogP contribution is 2.44. The number of carbonyl (C=O) groups excluding carboxylic acids is 2. The molecular formula is C52H61N5O5Si. The number of fused-ring (bicyclic) bond motifs is 1. The highest BCUT2D eigenvalue weighted by atomic mass is 28.4. The Morgan fingerprint density at radius 2 is 1.46 bits per heavy atom. The first-order valence-corrected chi connectivity index (χ1v) is 24.9. The SMILES string of the molecule is CC(C)(C)[Si](C)(C)O[C@H](CNCc1ccc(C(=O)NCCN2CC[C@@H](C(C(N)=O)(c3ccccc3)c3ccccc3)C2)cc1)c1ccc(OCc2ccccc2)c2[nH]c(=O)ccc12. The Balaban J connectivity index is 0.972. The molecule has 1 aliphatic heterocycles. The van der Waals surface area contributed by atoms with E-state index in [0.29, 0.717) is 56.2 Å². The van der Waals surface area contributed by atoms with Crippen molar-refractivity contribution in [3.63, 3.8) is 0 Å². The van der Waals surface area contributed by atoms with Crippen molar-refractivity contribution in [3.8, 4) is 5.75 Å². The van der Waals surface area contributed by atoms with Crippen LogP contribution in [0, 0.1) is 5.92 Å². The van der Waals surface area contributed by atoms with Crippen LogP contribution in [0.25, 0.3) is 10.9 Å². The summed E-state index contributed by atoms with van der Waals surface area (Å²) >= 11 is 0. The van der Waals surface area contributed by atoms with Gasteiger partial charge in [0.15, 0.2) is 8.32 Å². The number of aromatic amines is 1. The van der Waals surface area contributed by atoms with Gasteiger partial charge in [0, 0.05) is 49.7 Å². The van der Waals surface area contributed by atoms with Gasteiger partial charge in [0.2, 0.25) is 11.5 Å². The van der Waals surface area contributed by atoms with E-state index < -0.39 is 13.7 Å². The van der Waals surface area contributed by atoms with Gasteiger partial charge < -0.3 is 35.4 Å². The van der Waals surface area contributed by atoms with E-state index in [1.54, 1.807) is 6.07 Å². The molecule has 0 saturated carbocycles. The maximum absolute atomic E-state index is 13.5. The highest BCUT2D eigenvalue weighted by molar-refractivity contribution is 6.74. The third kappa shape index (κ3) is 10.3. The zero-order valence-corrected chi connectivity index (χ0v) is 38.2. The molecule has 328 valence electrons. The molecule has 2 atom stereocenters. The number of nitrogens with zero attached hydrogens (tertiary/aromatic N) is 1. The van der Waals surface area contributed by atoms with Crippen molar-refractivity contribution in [3.05, 3.63) is 183 Å². The summed E-state index contributed by atoms with van der Waals surface area (Å²) < 4.78 is 13.3. The molecule has 2 amide bonds. The zero-order valence-electron chi connectivity index (χ0n) is 37.2. The van der Waals surface area contributed by atoms with Crippen LogP contribution < -0.4 is 26.7 Å². The minimum atomic E-state index is -2.25. The average molecular weight is 864 g/mol. The molecule has 5 N–H and O–H groups in total. The summed E-state index contributed by atoms with van der Waals surface area (Å²) in [6.07, 6.45) is 0.509. The monoisotopic (exact) mass is 863 g/mol. The predicted octanol–water partition coefficient (Wildman–Crippen LogP) is 8.48. The largest absolute Gasteiger partial charge is 0.487 e. The molecule has 0 unspecified atom stereocenters. The fourth-order valence-corrected chi connectivity index (χ4v) is 9.87. The van der Waals surface area contributed by atoms with E-state index in [4.69, 9.17) is 14.9 Å². The van der Waals surface area contributed by atoms with Gasteiger partial charge >= 0.3 is 0 Å². The molecule has 1 fully saturated rings. The standard InChI is InChI=1S/C52H61N5O5Si/c1-51(2,3)63(4,5)62-46(43-25-27-45(48-44(43)26-28-47(58)56-48)61-36-38-15-9-6-10-16-38)34-54-33-37-21-23-39(24-22-37)49(59)55-30-32-57-31-29-42(35-57)52(50(53)60,40-17-11-7-12-18-40)41-19-13-8-14-20-41/h6-28,42,46,54H,29-36H2,1-5H3,(H2,53,60)(H,55,59)(H,56,58)/t42-,46-/m1/s1. The number of rotatable bonds is 18. The Morgan fingerprint density at radius 1 is 0.825 bits per heavy atom. The second-order valence-electron chi connectivity index (χ2n) is 18.2. The van der Waals surface area contributed by atoms with Crippen molar-refractivity contribution in [2.75, 3.05) is 32.7 Å². The molecule has 10 nitrogen and oxygen atoms in total. The molecule has 0 spiro atoms. The van der Waals surface area contributed by atoms with E-state index in [9.17, 15) is 14.4 Å². The molecule has 0 bridgehead atoms. The number of likely N-dealkylation sites (tertiary alicyclic amines) is 1. The number of hydrogen-bond acceptors (Lipinski definition) is 7. The van der Waals surface area contributed by atoms with Crippen molar-refractivity contribution in [1.29, 1.82) is 0 Å². The number of nitrogens with one attached hydrogen (secondary N) is 3. The van der Waals surface area contributed by atoms with Crippen LogP contribution in [0.3, 0.4) is 0 Å². The number of aromatic nitrogens is 1. The second-order valence-corrected chi connectivity index (χ2v) is 22.9. The fraction of sp³-hybridized carbons (Fsp3) is 0.327. The summed E-state index contributed by atoms with van der Waals surface area (Å²) in [7, 11) is -2.25. The van der Waals surface area contributed by atoms with Gasteiger partial charge in [0.1, 0.15) is 17.8 Å². The van der Waals surface area contributed by atoms with Crippen LogP contribution >= 0.6 is 0 Å². The summed E-state index contributed by atoms with van der Waals surface area (Å²) in [5, 5.41) is 7.58. The third-order valence-electron chi connectivity index (χ3n) is 13.0. The van der Waals surface area contributed by atoms with Crippen molar-refractivity contribution < 1.29 is 18.8 Å². The normalized spacial score (nSPS) is 15.3. The van der Waals surface area contributed by atoms with Gasteiger partial charge in [-0.15, -0.1) is 0 Å².